The summed E-state index contributed by atoms with van der Waals surface area (Å²) in [6.07, 6.45) is 7.45. The lowest BCUT2D eigenvalue weighted by Gasteiger charge is -2.57. The van der Waals surface area contributed by atoms with E-state index in [1.165, 1.54) is 19.3 Å². The number of rotatable bonds is 4. The second-order valence-corrected chi connectivity index (χ2v) is 9.64. The molecule has 28 heavy (non-hydrogen) atoms. The van der Waals surface area contributed by atoms with Gasteiger partial charge >= 0.3 is 0 Å². The Morgan fingerprint density at radius 3 is 2.25 bits per heavy atom. The molecule has 1 aliphatic heterocycles. The smallest absolute Gasteiger partial charge is 0.239 e. The molecule has 4 bridgehead atoms. The SMILES string of the molecule is Cc1cc(NC(=O)CN2CCN(C(=O)C34CC5CC(CC(C5)C3)C4)CC2)no1. The highest BCUT2D eigenvalue weighted by Crippen LogP contribution is 2.60. The summed E-state index contributed by atoms with van der Waals surface area (Å²) in [4.78, 5) is 29.9. The van der Waals surface area contributed by atoms with Gasteiger partial charge in [-0.05, 0) is 63.2 Å². The van der Waals surface area contributed by atoms with Gasteiger partial charge in [0, 0.05) is 32.2 Å². The van der Waals surface area contributed by atoms with Crippen molar-refractivity contribution >= 4 is 17.6 Å². The number of hydrogen-bond acceptors (Lipinski definition) is 5. The third-order valence-corrected chi connectivity index (χ3v) is 7.41. The average Bonchev–Trinajstić information content (AvgIpc) is 3.05. The number of carbonyl (C=O) groups excluding carboxylic acids is 2. The van der Waals surface area contributed by atoms with E-state index < -0.39 is 0 Å². The van der Waals surface area contributed by atoms with Gasteiger partial charge in [-0.2, -0.15) is 0 Å². The van der Waals surface area contributed by atoms with E-state index in [9.17, 15) is 9.59 Å². The van der Waals surface area contributed by atoms with Crippen LogP contribution >= 0.6 is 0 Å². The minimum atomic E-state index is -0.0887. The number of aryl methyl sites for hydroxylation is 1. The Kier molecular flexibility index (Phi) is 4.45. The van der Waals surface area contributed by atoms with Gasteiger partial charge < -0.3 is 14.7 Å². The summed E-state index contributed by atoms with van der Waals surface area (Å²) in [5.41, 5.74) is -0.0564. The first kappa shape index (κ1) is 18.2. The van der Waals surface area contributed by atoms with Gasteiger partial charge in [0.15, 0.2) is 5.82 Å². The van der Waals surface area contributed by atoms with Crippen LogP contribution in [0, 0.1) is 30.1 Å². The van der Waals surface area contributed by atoms with E-state index in [-0.39, 0.29) is 11.3 Å². The fourth-order valence-electron chi connectivity index (χ4n) is 6.63. The van der Waals surface area contributed by atoms with Crippen LogP contribution in [-0.4, -0.2) is 59.5 Å². The van der Waals surface area contributed by atoms with Crippen LogP contribution in [0.2, 0.25) is 0 Å². The molecular weight excluding hydrogens is 356 g/mol. The first-order valence-corrected chi connectivity index (χ1v) is 10.7. The van der Waals surface area contributed by atoms with E-state index in [1.807, 2.05) is 0 Å². The summed E-state index contributed by atoms with van der Waals surface area (Å²) < 4.78 is 4.97. The van der Waals surface area contributed by atoms with Crippen LogP contribution < -0.4 is 5.32 Å². The van der Waals surface area contributed by atoms with Crippen LogP contribution in [0.5, 0.6) is 0 Å². The standard InChI is InChI=1S/C21H30N4O3/c1-14-6-18(23-28-14)22-19(26)13-24-2-4-25(5-3-24)20(27)21-10-15-7-16(11-21)9-17(8-15)12-21/h6,15-17H,2-5,7-13H2,1H3,(H,22,23,26). The van der Waals surface area contributed by atoms with E-state index in [0.29, 0.717) is 24.0 Å². The van der Waals surface area contributed by atoms with Gasteiger partial charge in [0.25, 0.3) is 0 Å². The van der Waals surface area contributed by atoms with Crippen molar-refractivity contribution in [1.29, 1.82) is 0 Å². The summed E-state index contributed by atoms with van der Waals surface area (Å²) in [6.45, 7) is 5.09. The number of hydrogen-bond donors (Lipinski definition) is 1. The largest absolute Gasteiger partial charge is 0.360 e. The number of piperazine rings is 1. The first-order chi connectivity index (χ1) is 13.5. The number of nitrogens with one attached hydrogen (secondary N) is 1. The molecule has 1 aromatic rings. The van der Waals surface area contributed by atoms with E-state index in [2.05, 4.69) is 20.3 Å². The normalized spacial score (nSPS) is 34.6. The van der Waals surface area contributed by atoms with Crippen molar-refractivity contribution in [2.24, 2.45) is 23.2 Å². The molecule has 152 valence electrons. The molecule has 0 aromatic carbocycles. The van der Waals surface area contributed by atoms with Gasteiger partial charge in [0.1, 0.15) is 5.76 Å². The van der Waals surface area contributed by atoms with E-state index in [4.69, 9.17) is 4.52 Å². The summed E-state index contributed by atoms with van der Waals surface area (Å²) in [6, 6.07) is 1.71. The Labute approximate surface area is 165 Å². The third kappa shape index (κ3) is 3.34. The van der Waals surface area contributed by atoms with Crippen LogP contribution in [-0.2, 0) is 9.59 Å². The molecule has 6 rings (SSSR count). The second kappa shape index (κ2) is 6.87. The molecule has 2 amide bonds. The highest BCUT2D eigenvalue weighted by molar-refractivity contribution is 5.91. The Bertz CT molecular complexity index is 730. The summed E-state index contributed by atoms with van der Waals surface area (Å²) in [5, 5.41) is 6.56. The monoisotopic (exact) mass is 386 g/mol. The molecule has 0 spiro atoms. The number of nitrogens with zero attached hydrogens (tertiary/aromatic N) is 3. The summed E-state index contributed by atoms with van der Waals surface area (Å²) in [7, 11) is 0. The van der Waals surface area contributed by atoms with Gasteiger partial charge in [-0.15, -0.1) is 0 Å². The fraction of sp³-hybridized carbons (Fsp3) is 0.762. The lowest BCUT2D eigenvalue weighted by atomic mass is 9.49. The van der Waals surface area contributed by atoms with E-state index >= 15 is 0 Å². The molecule has 0 radical (unpaired) electrons. The molecule has 5 fully saturated rings. The number of amides is 2. The zero-order valence-corrected chi connectivity index (χ0v) is 16.7. The van der Waals surface area contributed by atoms with Crippen LogP contribution in [0.15, 0.2) is 10.6 Å². The van der Waals surface area contributed by atoms with Crippen molar-refractivity contribution in [2.75, 3.05) is 38.0 Å². The van der Waals surface area contributed by atoms with Crippen molar-refractivity contribution in [3.63, 3.8) is 0 Å². The maximum atomic E-state index is 13.4. The van der Waals surface area contributed by atoms with E-state index in [1.54, 1.807) is 13.0 Å². The van der Waals surface area contributed by atoms with Crippen molar-refractivity contribution < 1.29 is 14.1 Å². The van der Waals surface area contributed by atoms with Gasteiger partial charge in [-0.25, -0.2) is 0 Å². The van der Waals surface area contributed by atoms with Crippen LogP contribution in [0.1, 0.15) is 44.3 Å². The van der Waals surface area contributed by atoms with Crippen molar-refractivity contribution in [3.05, 3.63) is 11.8 Å². The van der Waals surface area contributed by atoms with Crippen LogP contribution in [0.4, 0.5) is 5.82 Å². The highest BCUT2D eigenvalue weighted by atomic mass is 16.5. The van der Waals surface area contributed by atoms with Gasteiger partial charge in [0.2, 0.25) is 11.8 Å². The molecule has 2 heterocycles. The Balaban J connectivity index is 1.14. The lowest BCUT2D eigenvalue weighted by molar-refractivity contribution is -0.159. The quantitative estimate of drug-likeness (QED) is 0.859. The molecule has 1 saturated heterocycles. The molecule has 4 saturated carbocycles. The summed E-state index contributed by atoms with van der Waals surface area (Å²) in [5.74, 6) is 3.83. The molecule has 1 N–H and O–H groups in total. The Morgan fingerprint density at radius 1 is 1.11 bits per heavy atom. The van der Waals surface area contributed by atoms with Crippen molar-refractivity contribution in [3.8, 4) is 0 Å². The van der Waals surface area contributed by atoms with Crippen molar-refractivity contribution in [1.82, 2.24) is 15.0 Å². The molecular formula is C21H30N4O3. The third-order valence-electron chi connectivity index (χ3n) is 7.41. The van der Waals surface area contributed by atoms with Gasteiger partial charge in [-0.3, -0.25) is 14.5 Å². The van der Waals surface area contributed by atoms with Crippen LogP contribution in [0.25, 0.3) is 0 Å². The fourth-order valence-corrected chi connectivity index (χ4v) is 6.63. The van der Waals surface area contributed by atoms with Crippen LogP contribution in [0.3, 0.4) is 0 Å². The number of aromatic nitrogens is 1. The highest BCUT2D eigenvalue weighted by Gasteiger charge is 2.55. The second-order valence-electron chi connectivity index (χ2n) is 9.64. The summed E-state index contributed by atoms with van der Waals surface area (Å²) >= 11 is 0. The molecule has 0 unspecified atom stereocenters. The maximum Gasteiger partial charge on any atom is 0.239 e. The first-order valence-electron chi connectivity index (χ1n) is 10.7. The maximum absolute atomic E-state index is 13.4. The molecule has 5 aliphatic rings. The molecule has 7 heteroatoms. The Hall–Kier alpha value is -1.89. The predicted molar refractivity (Wildman–Crippen MR) is 103 cm³/mol. The topological polar surface area (TPSA) is 78.7 Å². The molecule has 7 nitrogen and oxygen atoms in total. The molecule has 0 atom stereocenters. The van der Waals surface area contributed by atoms with Gasteiger partial charge in [-0.1, -0.05) is 5.16 Å². The van der Waals surface area contributed by atoms with E-state index in [0.717, 1.165) is 63.2 Å². The predicted octanol–water partition coefficient (Wildman–Crippen LogP) is 2.28. The lowest BCUT2D eigenvalue weighted by Crippen LogP contribution is -2.58. The van der Waals surface area contributed by atoms with Crippen molar-refractivity contribution in [2.45, 2.75) is 45.4 Å². The average molecular weight is 386 g/mol. The number of anilines is 1. The minimum Gasteiger partial charge on any atom is -0.360 e. The minimum absolute atomic E-state index is 0.0564. The van der Waals surface area contributed by atoms with Gasteiger partial charge in [0.05, 0.1) is 12.0 Å². The zero-order valence-electron chi connectivity index (χ0n) is 16.7. The Morgan fingerprint density at radius 2 is 1.71 bits per heavy atom. The molecule has 4 aliphatic carbocycles. The number of carbonyl (C=O) groups is 2. The molecule has 1 aromatic heterocycles. The zero-order chi connectivity index (χ0) is 19.3.